The van der Waals surface area contributed by atoms with Gasteiger partial charge in [0.05, 0.1) is 12.5 Å². The van der Waals surface area contributed by atoms with Gasteiger partial charge in [0.2, 0.25) is 0 Å². The molecule has 3 atom stereocenters. The Morgan fingerprint density at radius 3 is 2.63 bits per heavy atom. The normalized spacial score (nSPS) is 21.9. The Labute approximate surface area is 206 Å². The number of rotatable bonds is 6. The number of benzene rings is 1. The molecular weight excluding hydrogens is 438 g/mol. The predicted molar refractivity (Wildman–Crippen MR) is 138 cm³/mol. The van der Waals surface area contributed by atoms with Crippen LogP contribution in [0, 0.1) is 11.3 Å². The van der Waals surface area contributed by atoms with Gasteiger partial charge in [0.1, 0.15) is 17.0 Å². The topological polar surface area (TPSA) is 83.0 Å². The van der Waals surface area contributed by atoms with Gasteiger partial charge in [-0.1, -0.05) is 24.3 Å². The fourth-order valence-electron chi connectivity index (χ4n) is 5.70. The summed E-state index contributed by atoms with van der Waals surface area (Å²) in [5.41, 5.74) is 3.99. The fourth-order valence-corrected chi connectivity index (χ4v) is 5.70. The first-order valence-corrected chi connectivity index (χ1v) is 12.8. The van der Waals surface area contributed by atoms with Crippen LogP contribution in [0.2, 0.25) is 0 Å². The molecule has 8 nitrogen and oxygen atoms in total. The summed E-state index contributed by atoms with van der Waals surface area (Å²) in [4.78, 5) is 27.0. The van der Waals surface area contributed by atoms with Crippen LogP contribution in [0.3, 0.4) is 0 Å². The van der Waals surface area contributed by atoms with Crippen LogP contribution >= 0.6 is 0 Å². The number of nitrogens with zero attached hydrogens (tertiary/aromatic N) is 7. The highest BCUT2D eigenvalue weighted by Crippen LogP contribution is 2.41. The maximum absolute atomic E-state index is 12.9. The highest BCUT2D eigenvalue weighted by Gasteiger charge is 2.35. The standard InChI is InChI=1S/C27H35N7O/c1-6-32-23(12-13-28)29-24-25(30-27(35)31(5)26(24)32)34-16-17(2)33(15-18(34)3)19(4)21-8-7-9-22(14-21)20-10-11-20/h7-9,14,17-20H,6,10-12,15-16H2,1-5H3/t17-,18+,19?/m1/s1. The zero-order valence-corrected chi connectivity index (χ0v) is 21.4. The molecule has 1 aromatic carbocycles. The number of anilines is 1. The molecule has 5 rings (SSSR count). The maximum atomic E-state index is 12.9. The van der Waals surface area contributed by atoms with Gasteiger partial charge in [-0.15, -0.1) is 0 Å². The Morgan fingerprint density at radius 2 is 1.94 bits per heavy atom. The lowest BCUT2D eigenvalue weighted by Crippen LogP contribution is -2.57. The highest BCUT2D eigenvalue weighted by atomic mass is 16.1. The number of hydrogen-bond acceptors (Lipinski definition) is 6. The molecule has 0 radical (unpaired) electrons. The molecule has 1 saturated heterocycles. The van der Waals surface area contributed by atoms with Gasteiger partial charge in [-0.2, -0.15) is 10.2 Å². The highest BCUT2D eigenvalue weighted by molar-refractivity contribution is 5.84. The van der Waals surface area contributed by atoms with Crippen molar-refractivity contribution < 1.29 is 0 Å². The molecule has 2 aromatic heterocycles. The zero-order chi connectivity index (χ0) is 24.9. The summed E-state index contributed by atoms with van der Waals surface area (Å²) >= 11 is 0. The van der Waals surface area contributed by atoms with Crippen molar-refractivity contribution in [1.29, 1.82) is 5.26 Å². The molecule has 0 spiro atoms. The second-order valence-electron chi connectivity index (χ2n) is 10.2. The summed E-state index contributed by atoms with van der Waals surface area (Å²) in [5, 5.41) is 9.31. The van der Waals surface area contributed by atoms with E-state index in [4.69, 9.17) is 4.98 Å². The minimum Gasteiger partial charge on any atom is -0.349 e. The van der Waals surface area contributed by atoms with Crippen LogP contribution in [0.15, 0.2) is 29.1 Å². The van der Waals surface area contributed by atoms with Gasteiger partial charge in [-0.3, -0.25) is 9.47 Å². The summed E-state index contributed by atoms with van der Waals surface area (Å²) in [6.07, 6.45) is 2.82. The molecular formula is C27H35N7O. The number of fused-ring (bicyclic) bond motifs is 1. The van der Waals surface area contributed by atoms with Gasteiger partial charge in [-0.05, 0) is 57.6 Å². The first-order chi connectivity index (χ1) is 16.8. The third kappa shape index (κ3) is 4.12. The number of piperazine rings is 1. The average molecular weight is 474 g/mol. The third-order valence-electron chi connectivity index (χ3n) is 7.84. The Hall–Kier alpha value is -3.18. The molecule has 2 fully saturated rings. The second kappa shape index (κ2) is 9.12. The first-order valence-electron chi connectivity index (χ1n) is 12.8. The van der Waals surface area contributed by atoms with Gasteiger partial charge in [-0.25, -0.2) is 9.78 Å². The number of imidazole rings is 1. The summed E-state index contributed by atoms with van der Waals surface area (Å²) in [5.74, 6) is 2.06. The number of aryl methyl sites for hydroxylation is 2. The summed E-state index contributed by atoms with van der Waals surface area (Å²) in [7, 11) is 1.73. The fraction of sp³-hybridized carbons (Fsp3) is 0.556. The number of aromatic nitrogens is 4. The van der Waals surface area contributed by atoms with Gasteiger partial charge >= 0.3 is 5.69 Å². The van der Waals surface area contributed by atoms with Crippen molar-refractivity contribution >= 4 is 17.0 Å². The van der Waals surface area contributed by atoms with Crippen LogP contribution in [-0.4, -0.2) is 49.2 Å². The molecule has 2 aliphatic rings. The smallest absolute Gasteiger partial charge is 0.349 e. The van der Waals surface area contributed by atoms with Crippen molar-refractivity contribution in [2.45, 2.75) is 77.5 Å². The van der Waals surface area contributed by atoms with Gasteiger partial charge in [0.25, 0.3) is 0 Å². The molecule has 0 amide bonds. The van der Waals surface area contributed by atoms with Crippen molar-refractivity contribution in [1.82, 2.24) is 24.0 Å². The van der Waals surface area contributed by atoms with Gasteiger partial charge in [0, 0.05) is 44.8 Å². The summed E-state index contributed by atoms with van der Waals surface area (Å²) < 4.78 is 3.51. The minimum atomic E-state index is -0.293. The van der Waals surface area contributed by atoms with Gasteiger partial charge < -0.3 is 9.47 Å². The predicted octanol–water partition coefficient (Wildman–Crippen LogP) is 3.75. The molecule has 1 unspecified atom stereocenters. The summed E-state index contributed by atoms with van der Waals surface area (Å²) in [6, 6.07) is 12.1. The lowest BCUT2D eigenvalue weighted by Gasteiger charge is -2.47. The SMILES string of the molecule is CCn1c(CC#N)nc2c(N3C[C@@H](C)N(C(C)c4cccc(C5CC5)c4)C[C@@H]3C)nc(=O)n(C)c21. The number of nitriles is 1. The van der Waals surface area contributed by atoms with Crippen LogP contribution in [0.1, 0.15) is 69.4 Å². The molecule has 1 aliphatic carbocycles. The van der Waals surface area contributed by atoms with Crippen LogP contribution in [0.4, 0.5) is 5.82 Å². The molecule has 3 heterocycles. The van der Waals surface area contributed by atoms with Gasteiger partial charge in [0.15, 0.2) is 5.82 Å². The van der Waals surface area contributed by atoms with Crippen molar-refractivity contribution in [3.63, 3.8) is 0 Å². The van der Waals surface area contributed by atoms with Crippen LogP contribution in [0.25, 0.3) is 11.2 Å². The maximum Gasteiger partial charge on any atom is 0.350 e. The average Bonchev–Trinajstić information content (AvgIpc) is 3.64. The summed E-state index contributed by atoms with van der Waals surface area (Å²) in [6.45, 7) is 11.0. The Bertz CT molecular complexity index is 1350. The van der Waals surface area contributed by atoms with E-state index in [-0.39, 0.29) is 24.2 Å². The Morgan fingerprint density at radius 1 is 1.17 bits per heavy atom. The Kier molecular flexibility index (Phi) is 6.14. The molecule has 3 aromatic rings. The molecule has 35 heavy (non-hydrogen) atoms. The lowest BCUT2D eigenvalue weighted by atomic mass is 9.98. The molecule has 8 heteroatoms. The molecule has 0 N–H and O–H groups in total. The van der Waals surface area contributed by atoms with E-state index in [0.717, 1.165) is 24.7 Å². The molecule has 1 saturated carbocycles. The van der Waals surface area contributed by atoms with Crippen molar-refractivity contribution in [3.8, 4) is 6.07 Å². The molecule has 184 valence electrons. The lowest BCUT2D eigenvalue weighted by molar-refractivity contribution is 0.119. The van der Waals surface area contributed by atoms with Crippen molar-refractivity contribution in [3.05, 3.63) is 51.7 Å². The van der Waals surface area contributed by atoms with E-state index >= 15 is 0 Å². The quantitative estimate of drug-likeness (QED) is 0.542. The van der Waals surface area contributed by atoms with E-state index < -0.39 is 0 Å². The first kappa shape index (κ1) is 23.6. The van der Waals surface area contributed by atoms with E-state index in [0.29, 0.717) is 29.7 Å². The monoisotopic (exact) mass is 473 g/mol. The van der Waals surface area contributed by atoms with E-state index in [9.17, 15) is 10.1 Å². The zero-order valence-electron chi connectivity index (χ0n) is 21.4. The third-order valence-corrected chi connectivity index (χ3v) is 7.84. The van der Waals surface area contributed by atoms with Crippen LogP contribution in [-0.2, 0) is 20.0 Å². The van der Waals surface area contributed by atoms with E-state index in [1.165, 1.54) is 24.0 Å². The minimum absolute atomic E-state index is 0.161. The van der Waals surface area contributed by atoms with Crippen LogP contribution in [0.5, 0.6) is 0 Å². The van der Waals surface area contributed by atoms with E-state index in [1.54, 1.807) is 11.6 Å². The van der Waals surface area contributed by atoms with Crippen molar-refractivity contribution in [2.75, 3.05) is 18.0 Å². The molecule has 1 aliphatic heterocycles. The van der Waals surface area contributed by atoms with Crippen LogP contribution < -0.4 is 10.6 Å². The largest absolute Gasteiger partial charge is 0.350 e. The van der Waals surface area contributed by atoms with Crippen molar-refractivity contribution in [2.24, 2.45) is 7.05 Å². The number of hydrogen-bond donors (Lipinski definition) is 0. The second-order valence-corrected chi connectivity index (χ2v) is 10.2. The van der Waals surface area contributed by atoms with E-state index in [1.807, 2.05) is 11.5 Å². The molecule has 0 bridgehead atoms. The Balaban J connectivity index is 1.47. The van der Waals surface area contributed by atoms with E-state index in [2.05, 4.69) is 65.9 Å².